The van der Waals surface area contributed by atoms with Crippen LogP contribution in [0.3, 0.4) is 0 Å². The summed E-state index contributed by atoms with van der Waals surface area (Å²) in [6.07, 6.45) is -0.914. The van der Waals surface area contributed by atoms with Crippen molar-refractivity contribution in [3.8, 4) is 11.4 Å². The Hall–Kier alpha value is -4.03. The standard InChI is InChI=1S/C22H22F3N7O3/c1-12-8-15(27-19(9-12)28-18-10-14(5-6-26-18)22(23,24)25)16-11-32(30-29-16)13(2)20(33)31-7-3-4-17(31)21(34)35/h5-6,8-11,13,17H,3-4,7H2,1-2H3,(H,34,35)(H,26,27,28)/t13-,17+/m1/s1. The Balaban J connectivity index is 1.55. The number of anilines is 2. The predicted octanol–water partition coefficient (Wildman–Crippen LogP) is 3.44. The first kappa shape index (κ1) is 24.1. The number of rotatable bonds is 6. The average molecular weight is 489 g/mol. The van der Waals surface area contributed by atoms with Crippen molar-refractivity contribution in [2.24, 2.45) is 0 Å². The molecule has 1 saturated heterocycles. The zero-order chi connectivity index (χ0) is 25.3. The molecular weight excluding hydrogens is 467 g/mol. The molecule has 0 saturated carbocycles. The smallest absolute Gasteiger partial charge is 0.416 e. The van der Waals surface area contributed by atoms with Crippen LogP contribution in [0.5, 0.6) is 0 Å². The Kier molecular flexibility index (Phi) is 6.41. The molecule has 0 bridgehead atoms. The fourth-order valence-corrected chi connectivity index (χ4v) is 3.89. The van der Waals surface area contributed by atoms with Crippen molar-refractivity contribution < 1.29 is 27.9 Å². The largest absolute Gasteiger partial charge is 0.480 e. The van der Waals surface area contributed by atoms with Crippen LogP contribution >= 0.6 is 0 Å². The molecule has 0 aromatic carbocycles. The number of aryl methyl sites for hydroxylation is 1. The summed E-state index contributed by atoms with van der Waals surface area (Å²) >= 11 is 0. The lowest BCUT2D eigenvalue weighted by Gasteiger charge is -2.24. The van der Waals surface area contributed by atoms with Crippen molar-refractivity contribution >= 4 is 23.5 Å². The van der Waals surface area contributed by atoms with E-state index in [4.69, 9.17) is 0 Å². The summed E-state index contributed by atoms with van der Waals surface area (Å²) in [5, 5.41) is 20.2. The minimum atomic E-state index is -4.50. The van der Waals surface area contributed by atoms with Crippen LogP contribution < -0.4 is 5.32 Å². The summed E-state index contributed by atoms with van der Waals surface area (Å²) in [5.41, 5.74) is 0.636. The summed E-state index contributed by atoms with van der Waals surface area (Å²) < 4.78 is 40.3. The number of nitrogens with one attached hydrogen (secondary N) is 1. The molecule has 0 aliphatic carbocycles. The zero-order valence-electron chi connectivity index (χ0n) is 18.8. The monoisotopic (exact) mass is 489 g/mol. The molecule has 10 nitrogen and oxygen atoms in total. The van der Waals surface area contributed by atoms with Crippen molar-refractivity contribution in [2.45, 2.75) is 44.9 Å². The number of halogens is 3. The van der Waals surface area contributed by atoms with Gasteiger partial charge >= 0.3 is 12.1 Å². The number of alkyl halides is 3. The number of carbonyl (C=O) groups is 2. The van der Waals surface area contributed by atoms with Gasteiger partial charge in [-0.05, 0) is 56.5 Å². The highest BCUT2D eigenvalue weighted by molar-refractivity contribution is 5.86. The fraction of sp³-hybridized carbons (Fsp3) is 0.364. The molecule has 1 fully saturated rings. The van der Waals surface area contributed by atoms with Gasteiger partial charge in [-0.15, -0.1) is 5.10 Å². The summed E-state index contributed by atoms with van der Waals surface area (Å²) in [4.78, 5) is 34.0. The lowest BCUT2D eigenvalue weighted by Crippen LogP contribution is -2.43. The van der Waals surface area contributed by atoms with Gasteiger partial charge in [0.25, 0.3) is 0 Å². The second kappa shape index (κ2) is 9.31. The Bertz CT molecular complexity index is 1260. The molecule has 0 unspecified atom stereocenters. The fourth-order valence-electron chi connectivity index (χ4n) is 3.89. The maximum atomic E-state index is 13.0. The van der Waals surface area contributed by atoms with E-state index in [0.717, 1.165) is 23.9 Å². The van der Waals surface area contributed by atoms with E-state index >= 15 is 0 Å². The van der Waals surface area contributed by atoms with Crippen LogP contribution in [0, 0.1) is 6.92 Å². The molecule has 0 spiro atoms. The number of hydrogen-bond donors (Lipinski definition) is 2. The summed E-state index contributed by atoms with van der Waals surface area (Å²) in [6, 6.07) is 3.48. The second-order valence-corrected chi connectivity index (χ2v) is 8.26. The minimum absolute atomic E-state index is 0.0228. The first-order chi connectivity index (χ1) is 16.5. The molecule has 2 N–H and O–H groups in total. The van der Waals surface area contributed by atoms with Crippen molar-refractivity contribution in [3.05, 3.63) is 47.8 Å². The van der Waals surface area contributed by atoms with Crippen LogP contribution in [0.2, 0.25) is 0 Å². The van der Waals surface area contributed by atoms with Gasteiger partial charge in [0.1, 0.15) is 29.4 Å². The number of carboxylic acid groups (broad SMARTS) is 1. The molecule has 1 aliphatic rings. The Labute approximate surface area is 197 Å². The number of carbonyl (C=O) groups excluding carboxylic acids is 1. The highest BCUT2D eigenvalue weighted by Crippen LogP contribution is 2.31. The zero-order valence-corrected chi connectivity index (χ0v) is 18.8. The van der Waals surface area contributed by atoms with Gasteiger partial charge in [-0.2, -0.15) is 13.2 Å². The number of aromatic nitrogens is 5. The third kappa shape index (κ3) is 5.23. The van der Waals surface area contributed by atoms with Gasteiger partial charge in [0.05, 0.1) is 17.5 Å². The van der Waals surface area contributed by atoms with Crippen molar-refractivity contribution in [1.82, 2.24) is 29.9 Å². The normalized spacial score (nSPS) is 16.8. The van der Waals surface area contributed by atoms with E-state index in [1.807, 2.05) is 0 Å². The van der Waals surface area contributed by atoms with Crippen LogP contribution in [0.1, 0.15) is 36.9 Å². The molecule has 4 rings (SSSR count). The maximum absolute atomic E-state index is 13.0. The van der Waals surface area contributed by atoms with Crippen LogP contribution in [0.15, 0.2) is 36.7 Å². The maximum Gasteiger partial charge on any atom is 0.416 e. The Morgan fingerprint density at radius 3 is 2.69 bits per heavy atom. The molecule has 35 heavy (non-hydrogen) atoms. The van der Waals surface area contributed by atoms with Crippen LogP contribution in [-0.2, 0) is 15.8 Å². The Morgan fingerprint density at radius 1 is 1.20 bits per heavy atom. The molecule has 3 aromatic heterocycles. The van der Waals surface area contributed by atoms with Gasteiger partial charge in [-0.25, -0.2) is 19.4 Å². The van der Waals surface area contributed by atoms with E-state index in [1.54, 1.807) is 26.0 Å². The van der Waals surface area contributed by atoms with Gasteiger partial charge < -0.3 is 15.3 Å². The lowest BCUT2D eigenvalue weighted by atomic mass is 10.2. The van der Waals surface area contributed by atoms with Crippen LogP contribution in [0.25, 0.3) is 11.4 Å². The predicted molar refractivity (Wildman–Crippen MR) is 118 cm³/mol. The Morgan fingerprint density at radius 2 is 1.97 bits per heavy atom. The highest BCUT2D eigenvalue weighted by atomic mass is 19.4. The van der Waals surface area contributed by atoms with E-state index in [0.29, 0.717) is 30.8 Å². The molecule has 0 radical (unpaired) electrons. The average Bonchev–Trinajstić information content (AvgIpc) is 3.47. The third-order valence-electron chi connectivity index (χ3n) is 5.66. The quantitative estimate of drug-likeness (QED) is 0.539. The van der Waals surface area contributed by atoms with E-state index in [1.165, 1.54) is 15.8 Å². The van der Waals surface area contributed by atoms with Gasteiger partial charge in [-0.3, -0.25) is 4.79 Å². The summed E-state index contributed by atoms with van der Waals surface area (Å²) in [5.74, 6) is -1.18. The number of amides is 1. The number of carboxylic acids is 1. The highest BCUT2D eigenvalue weighted by Gasteiger charge is 2.36. The van der Waals surface area contributed by atoms with Crippen molar-refractivity contribution in [1.29, 1.82) is 0 Å². The van der Waals surface area contributed by atoms with E-state index < -0.39 is 29.8 Å². The lowest BCUT2D eigenvalue weighted by molar-refractivity contribution is -0.149. The number of likely N-dealkylation sites (tertiary alicyclic amines) is 1. The number of nitrogens with zero attached hydrogens (tertiary/aromatic N) is 6. The molecule has 1 amide bonds. The SMILES string of the molecule is Cc1cc(Nc2cc(C(F)(F)F)ccn2)nc(-c2cn([C@H](C)C(=O)N3CCC[C@H]3C(=O)O)nn2)c1. The summed E-state index contributed by atoms with van der Waals surface area (Å²) in [6.45, 7) is 3.75. The first-order valence-corrected chi connectivity index (χ1v) is 10.8. The topological polar surface area (TPSA) is 126 Å². The molecular formula is C22H22F3N7O3. The molecule has 1 aliphatic heterocycles. The second-order valence-electron chi connectivity index (χ2n) is 8.26. The van der Waals surface area contributed by atoms with Gasteiger partial charge in [0.2, 0.25) is 5.91 Å². The molecule has 184 valence electrons. The van der Waals surface area contributed by atoms with E-state index in [9.17, 15) is 27.9 Å². The number of aliphatic carboxylic acids is 1. The van der Waals surface area contributed by atoms with Crippen molar-refractivity contribution in [2.75, 3.05) is 11.9 Å². The van der Waals surface area contributed by atoms with Gasteiger partial charge in [0.15, 0.2) is 0 Å². The molecule has 4 heterocycles. The van der Waals surface area contributed by atoms with Crippen molar-refractivity contribution in [3.63, 3.8) is 0 Å². The minimum Gasteiger partial charge on any atom is -0.480 e. The number of hydrogen-bond acceptors (Lipinski definition) is 7. The van der Waals surface area contributed by atoms with Crippen LogP contribution in [-0.4, -0.2) is 59.4 Å². The van der Waals surface area contributed by atoms with E-state index in [-0.39, 0.29) is 17.5 Å². The third-order valence-corrected chi connectivity index (χ3v) is 5.66. The van der Waals surface area contributed by atoms with Crippen LogP contribution in [0.4, 0.5) is 24.8 Å². The van der Waals surface area contributed by atoms with E-state index in [2.05, 4.69) is 25.6 Å². The molecule has 2 atom stereocenters. The molecule has 3 aromatic rings. The molecule has 13 heteroatoms. The summed E-state index contributed by atoms with van der Waals surface area (Å²) in [7, 11) is 0. The number of pyridine rings is 2. The van der Waals surface area contributed by atoms with Gasteiger partial charge in [-0.1, -0.05) is 5.21 Å². The van der Waals surface area contributed by atoms with Gasteiger partial charge in [0, 0.05) is 12.7 Å². The first-order valence-electron chi connectivity index (χ1n) is 10.8.